The summed E-state index contributed by atoms with van der Waals surface area (Å²) in [6.45, 7) is 5.00. The Morgan fingerprint density at radius 1 is 1.47 bits per heavy atom. The van der Waals surface area contributed by atoms with E-state index in [1.165, 1.54) is 4.90 Å². The molecule has 1 heterocycles. The van der Waals surface area contributed by atoms with Crippen LogP contribution in [0.5, 0.6) is 0 Å². The molecule has 1 saturated heterocycles. The van der Waals surface area contributed by atoms with Gasteiger partial charge in [0.2, 0.25) is 10.0 Å². The van der Waals surface area contributed by atoms with Crippen molar-refractivity contribution in [3.8, 4) is 0 Å². The molecular weight excluding hydrogens is 248 g/mol. The Kier molecular flexibility index (Phi) is 3.43. The Hall–Kier alpha value is -0.860. The summed E-state index contributed by atoms with van der Waals surface area (Å²) in [7, 11) is -3.76. The molecule has 3 N–H and O–H groups in total. The zero-order chi connectivity index (χ0) is 13.5. The van der Waals surface area contributed by atoms with Crippen LogP contribution in [0.2, 0.25) is 0 Å². The molecule has 1 rings (SSSR count). The minimum Gasteiger partial charge on any atom is -0.444 e. The quantitative estimate of drug-likeness (QED) is 0.683. The van der Waals surface area contributed by atoms with Gasteiger partial charge in [-0.1, -0.05) is 0 Å². The van der Waals surface area contributed by atoms with Gasteiger partial charge in [0.1, 0.15) is 11.2 Å². The molecule has 8 heteroatoms. The minimum absolute atomic E-state index is 0.0850. The average Bonchev–Trinajstić information content (AvgIpc) is 1.92. The molecule has 100 valence electrons. The van der Waals surface area contributed by atoms with E-state index >= 15 is 0 Å². The lowest BCUT2D eigenvalue weighted by Crippen LogP contribution is -2.67. The first kappa shape index (κ1) is 14.2. The van der Waals surface area contributed by atoms with Crippen LogP contribution in [0.15, 0.2) is 0 Å². The third-order valence-electron chi connectivity index (χ3n) is 2.09. The highest BCUT2D eigenvalue weighted by molar-refractivity contribution is 7.89. The van der Waals surface area contributed by atoms with Crippen molar-refractivity contribution < 1.29 is 23.1 Å². The van der Waals surface area contributed by atoms with E-state index in [-0.39, 0.29) is 13.1 Å². The number of hydrogen-bond donors (Lipinski definition) is 2. The van der Waals surface area contributed by atoms with Crippen LogP contribution in [0.3, 0.4) is 0 Å². The molecule has 1 aliphatic heterocycles. The highest BCUT2D eigenvalue weighted by Crippen LogP contribution is 2.24. The number of likely N-dealkylation sites (tertiary alicyclic amines) is 1. The predicted octanol–water partition coefficient (Wildman–Crippen LogP) is -0.743. The van der Waals surface area contributed by atoms with Gasteiger partial charge >= 0.3 is 6.09 Å². The highest BCUT2D eigenvalue weighted by atomic mass is 32.2. The molecule has 0 aromatic heterocycles. The molecule has 1 fully saturated rings. The van der Waals surface area contributed by atoms with Crippen LogP contribution in [0.1, 0.15) is 20.8 Å². The molecule has 1 amide bonds. The Labute approximate surface area is 101 Å². The maximum absolute atomic E-state index is 11.5. The van der Waals surface area contributed by atoms with E-state index in [1.54, 1.807) is 20.8 Å². The number of carbonyl (C=O) groups excluding carboxylic acids is 1. The van der Waals surface area contributed by atoms with E-state index < -0.39 is 33.1 Å². The number of carbonyl (C=O) groups is 1. The summed E-state index contributed by atoms with van der Waals surface area (Å²) < 4.78 is 26.7. The second kappa shape index (κ2) is 4.11. The van der Waals surface area contributed by atoms with Crippen molar-refractivity contribution in [1.82, 2.24) is 4.90 Å². The van der Waals surface area contributed by atoms with Crippen LogP contribution in [-0.4, -0.2) is 54.6 Å². The number of amides is 1. The fourth-order valence-electron chi connectivity index (χ4n) is 1.59. The maximum atomic E-state index is 11.5. The summed E-state index contributed by atoms with van der Waals surface area (Å²) in [4.78, 5) is 12.7. The fraction of sp³-hybridized carbons (Fsp3) is 0.889. The number of sulfonamides is 1. The van der Waals surface area contributed by atoms with E-state index in [0.717, 1.165) is 0 Å². The fourth-order valence-corrected chi connectivity index (χ4v) is 2.52. The van der Waals surface area contributed by atoms with Crippen LogP contribution in [0, 0.1) is 0 Å². The van der Waals surface area contributed by atoms with Gasteiger partial charge in [-0.25, -0.2) is 18.4 Å². The second-order valence-corrected chi connectivity index (χ2v) is 6.98. The molecule has 0 radical (unpaired) electrons. The number of ether oxygens (including phenoxy) is 1. The van der Waals surface area contributed by atoms with Crippen LogP contribution in [0.4, 0.5) is 4.79 Å². The summed E-state index contributed by atoms with van der Waals surface area (Å²) in [6, 6.07) is 0. The summed E-state index contributed by atoms with van der Waals surface area (Å²) in [5.74, 6) is -0.556. The Balaban J connectivity index is 2.49. The van der Waals surface area contributed by atoms with Crippen LogP contribution >= 0.6 is 0 Å². The van der Waals surface area contributed by atoms with Crippen LogP contribution in [-0.2, 0) is 14.8 Å². The molecule has 0 spiro atoms. The maximum Gasteiger partial charge on any atom is 0.410 e. The zero-order valence-electron chi connectivity index (χ0n) is 10.1. The van der Waals surface area contributed by atoms with Gasteiger partial charge in [0.15, 0.2) is 0 Å². The number of primary sulfonamides is 1. The lowest BCUT2D eigenvalue weighted by atomic mass is 9.97. The molecule has 0 aromatic carbocycles. The van der Waals surface area contributed by atoms with Crippen molar-refractivity contribution in [1.29, 1.82) is 0 Å². The molecule has 0 saturated carbocycles. The number of aliphatic hydroxyl groups is 1. The minimum atomic E-state index is -3.76. The van der Waals surface area contributed by atoms with Crippen molar-refractivity contribution >= 4 is 16.1 Å². The van der Waals surface area contributed by atoms with Crippen molar-refractivity contribution in [3.05, 3.63) is 0 Å². The lowest BCUT2D eigenvalue weighted by Gasteiger charge is -2.45. The zero-order valence-corrected chi connectivity index (χ0v) is 11.0. The van der Waals surface area contributed by atoms with Gasteiger partial charge in [0.05, 0.1) is 18.8 Å². The van der Waals surface area contributed by atoms with Gasteiger partial charge in [0.25, 0.3) is 0 Å². The molecule has 7 nitrogen and oxygen atoms in total. The van der Waals surface area contributed by atoms with Crippen LogP contribution in [0.25, 0.3) is 0 Å². The van der Waals surface area contributed by atoms with E-state index in [1.807, 2.05) is 0 Å². The number of nitrogens with zero attached hydrogens (tertiary/aromatic N) is 1. The number of nitrogens with two attached hydrogens (primary N) is 1. The average molecular weight is 266 g/mol. The van der Waals surface area contributed by atoms with Gasteiger partial charge < -0.3 is 14.7 Å². The molecule has 0 aliphatic carbocycles. The Bertz CT molecular complexity index is 406. The van der Waals surface area contributed by atoms with Crippen LogP contribution < -0.4 is 5.14 Å². The van der Waals surface area contributed by atoms with Gasteiger partial charge in [-0.3, -0.25) is 0 Å². The molecule has 17 heavy (non-hydrogen) atoms. The first-order valence-corrected chi connectivity index (χ1v) is 6.83. The number of β-amino-alcohol motifs (C(OH)–C–C–N with tert-alkyl or cyclic N) is 1. The lowest BCUT2D eigenvalue weighted by molar-refractivity contribution is -0.0842. The molecule has 0 atom stereocenters. The smallest absolute Gasteiger partial charge is 0.410 e. The Morgan fingerprint density at radius 2 is 1.94 bits per heavy atom. The summed E-state index contributed by atoms with van der Waals surface area (Å²) in [5, 5.41) is 14.6. The van der Waals surface area contributed by atoms with Crippen molar-refractivity contribution in [2.45, 2.75) is 32.0 Å². The highest BCUT2D eigenvalue weighted by Gasteiger charge is 2.47. The predicted molar refractivity (Wildman–Crippen MR) is 60.7 cm³/mol. The summed E-state index contributed by atoms with van der Waals surface area (Å²) >= 11 is 0. The number of rotatable bonds is 2. The van der Waals surface area contributed by atoms with Crippen molar-refractivity contribution in [3.63, 3.8) is 0 Å². The largest absolute Gasteiger partial charge is 0.444 e. The first-order valence-electron chi connectivity index (χ1n) is 5.11. The molecule has 1 aliphatic rings. The standard InChI is InChI=1S/C9H18N2O5S/c1-8(2,3)16-7(12)11-4-9(13,5-11)6-17(10,14)15/h13H,4-6H2,1-3H3,(H2,10,14,15). The monoisotopic (exact) mass is 266 g/mol. The molecule has 0 aromatic rings. The van der Waals surface area contributed by atoms with Gasteiger partial charge in [-0.15, -0.1) is 0 Å². The van der Waals surface area contributed by atoms with Crippen molar-refractivity contribution in [2.75, 3.05) is 18.8 Å². The second-order valence-electron chi connectivity index (χ2n) is 5.37. The normalized spacial score (nSPS) is 19.7. The van der Waals surface area contributed by atoms with Gasteiger partial charge in [0, 0.05) is 0 Å². The first-order chi connectivity index (χ1) is 7.40. The van der Waals surface area contributed by atoms with Gasteiger partial charge in [-0.05, 0) is 20.8 Å². The van der Waals surface area contributed by atoms with Gasteiger partial charge in [-0.2, -0.15) is 0 Å². The van der Waals surface area contributed by atoms with E-state index in [0.29, 0.717) is 0 Å². The topological polar surface area (TPSA) is 110 Å². The number of hydrogen-bond acceptors (Lipinski definition) is 5. The summed E-state index contributed by atoms with van der Waals surface area (Å²) in [5.41, 5.74) is -2.07. The van der Waals surface area contributed by atoms with E-state index in [9.17, 15) is 18.3 Å². The van der Waals surface area contributed by atoms with E-state index in [2.05, 4.69) is 0 Å². The van der Waals surface area contributed by atoms with Crippen molar-refractivity contribution in [2.24, 2.45) is 5.14 Å². The van der Waals surface area contributed by atoms with E-state index in [4.69, 9.17) is 9.88 Å². The molecule has 0 unspecified atom stereocenters. The molecular formula is C9H18N2O5S. The Morgan fingerprint density at radius 3 is 2.29 bits per heavy atom. The summed E-state index contributed by atoms with van der Waals surface area (Å²) in [6.07, 6.45) is -0.573. The third kappa shape index (κ3) is 4.49. The SMILES string of the molecule is CC(C)(C)OC(=O)N1CC(O)(CS(N)(=O)=O)C1. The third-order valence-corrected chi connectivity index (χ3v) is 3.03. The molecule has 0 bridgehead atoms.